The molecule has 90 valence electrons. The zero-order valence-corrected chi connectivity index (χ0v) is 9.31. The smallest absolute Gasteiger partial charge is 0.310 e. The first-order chi connectivity index (χ1) is 8.77. The maximum atomic E-state index is 10.7. The van der Waals surface area contributed by atoms with Crippen LogP contribution < -0.4 is 4.74 Å². The number of nitro groups is 1. The summed E-state index contributed by atoms with van der Waals surface area (Å²) in [6.45, 7) is 0.0725. The van der Waals surface area contributed by atoms with E-state index in [1.54, 1.807) is 35.4 Å². The van der Waals surface area contributed by atoms with E-state index in [1.165, 1.54) is 12.1 Å². The van der Waals surface area contributed by atoms with Crippen molar-refractivity contribution >= 4 is 5.69 Å². The molecule has 0 saturated heterocycles. The Morgan fingerprint density at radius 3 is 3.00 bits per heavy atom. The summed E-state index contributed by atoms with van der Waals surface area (Å²) in [5, 5.41) is 10.7. The van der Waals surface area contributed by atoms with Gasteiger partial charge in [-0.2, -0.15) is 0 Å². The summed E-state index contributed by atoms with van der Waals surface area (Å²) < 4.78 is 6.82. The van der Waals surface area contributed by atoms with Crippen LogP contribution >= 0.6 is 0 Å². The Kier molecular flexibility index (Phi) is 3.56. The number of para-hydroxylation sites is 2. The van der Waals surface area contributed by atoms with Crippen molar-refractivity contribution in [3.05, 3.63) is 53.1 Å². The Morgan fingerprint density at radius 2 is 2.28 bits per heavy atom. The fourth-order valence-electron chi connectivity index (χ4n) is 1.29. The Morgan fingerprint density at radius 1 is 1.44 bits per heavy atom. The van der Waals surface area contributed by atoms with Gasteiger partial charge in [-0.25, -0.2) is 4.98 Å². The van der Waals surface area contributed by atoms with Gasteiger partial charge >= 0.3 is 5.69 Å². The van der Waals surface area contributed by atoms with Gasteiger partial charge in [0.2, 0.25) is 0 Å². The molecule has 0 fully saturated rings. The summed E-state index contributed by atoms with van der Waals surface area (Å²) >= 11 is 0. The van der Waals surface area contributed by atoms with Crippen molar-refractivity contribution in [3.63, 3.8) is 0 Å². The lowest BCUT2D eigenvalue weighted by atomic mass is 10.3. The number of hydrogen-bond acceptors (Lipinski definition) is 4. The molecule has 18 heavy (non-hydrogen) atoms. The maximum absolute atomic E-state index is 10.7. The standard InChI is InChI=1S/C12H9N3O3/c16-15(17)11-4-1-2-5-12(11)18-9-3-7-14-8-6-13-10-14/h1-2,4-6,8,10H,9H2. The maximum Gasteiger partial charge on any atom is 0.310 e. The molecular weight excluding hydrogens is 234 g/mol. The van der Waals surface area contributed by atoms with Crippen molar-refractivity contribution in [2.24, 2.45) is 0 Å². The zero-order valence-electron chi connectivity index (χ0n) is 9.31. The fraction of sp³-hybridized carbons (Fsp3) is 0.0833. The highest BCUT2D eigenvalue weighted by Gasteiger charge is 2.12. The van der Waals surface area contributed by atoms with Crippen LogP contribution in [0.5, 0.6) is 5.75 Å². The van der Waals surface area contributed by atoms with Gasteiger partial charge < -0.3 is 4.74 Å². The number of ether oxygens (including phenoxy) is 1. The summed E-state index contributed by atoms with van der Waals surface area (Å²) in [4.78, 5) is 14.1. The van der Waals surface area contributed by atoms with Crippen molar-refractivity contribution in [1.29, 1.82) is 0 Å². The zero-order chi connectivity index (χ0) is 12.8. The van der Waals surface area contributed by atoms with Crippen LogP contribution in [0.25, 0.3) is 0 Å². The van der Waals surface area contributed by atoms with E-state index in [0.29, 0.717) is 0 Å². The highest BCUT2D eigenvalue weighted by molar-refractivity contribution is 5.45. The van der Waals surface area contributed by atoms with Gasteiger partial charge in [-0.15, -0.1) is 0 Å². The predicted molar refractivity (Wildman–Crippen MR) is 64.0 cm³/mol. The Balaban J connectivity index is 2.00. The van der Waals surface area contributed by atoms with E-state index < -0.39 is 4.92 Å². The van der Waals surface area contributed by atoms with Crippen molar-refractivity contribution in [2.45, 2.75) is 0 Å². The van der Waals surface area contributed by atoms with E-state index in [0.717, 1.165) is 0 Å². The van der Waals surface area contributed by atoms with Crippen LogP contribution in [0.3, 0.4) is 0 Å². The number of rotatable bonds is 3. The predicted octanol–water partition coefficient (Wildman–Crippen LogP) is 1.68. The minimum Gasteiger partial charge on any atom is -0.474 e. The van der Waals surface area contributed by atoms with Crippen LogP contribution in [0.15, 0.2) is 43.0 Å². The Labute approximate surface area is 103 Å². The van der Waals surface area contributed by atoms with Crippen molar-refractivity contribution in [3.8, 4) is 17.7 Å². The molecule has 0 N–H and O–H groups in total. The molecular formula is C12H9N3O3. The second-order valence-electron chi connectivity index (χ2n) is 3.27. The van der Waals surface area contributed by atoms with Crippen molar-refractivity contribution < 1.29 is 9.66 Å². The molecule has 2 rings (SSSR count). The molecule has 0 saturated carbocycles. The number of hydrogen-bond donors (Lipinski definition) is 0. The van der Waals surface area contributed by atoms with Gasteiger partial charge in [-0.3, -0.25) is 14.7 Å². The third-order valence-corrected chi connectivity index (χ3v) is 2.07. The van der Waals surface area contributed by atoms with Gasteiger partial charge in [0.1, 0.15) is 6.33 Å². The molecule has 0 radical (unpaired) electrons. The number of benzene rings is 1. The van der Waals surface area contributed by atoms with E-state index in [1.807, 2.05) is 0 Å². The van der Waals surface area contributed by atoms with E-state index >= 15 is 0 Å². The molecule has 1 aromatic carbocycles. The van der Waals surface area contributed by atoms with E-state index in [2.05, 4.69) is 16.9 Å². The van der Waals surface area contributed by atoms with Gasteiger partial charge in [0.05, 0.1) is 4.92 Å². The summed E-state index contributed by atoms with van der Waals surface area (Å²) in [5.41, 5.74) is -0.0677. The molecule has 1 aromatic heterocycles. The number of nitro benzene ring substituents is 1. The molecule has 0 aliphatic rings. The van der Waals surface area contributed by atoms with Gasteiger partial charge in [0.15, 0.2) is 12.4 Å². The molecule has 2 aromatic rings. The van der Waals surface area contributed by atoms with Crippen LogP contribution in [-0.2, 0) is 0 Å². The molecule has 1 heterocycles. The second kappa shape index (κ2) is 5.50. The van der Waals surface area contributed by atoms with Crippen LogP contribution in [0.4, 0.5) is 5.69 Å². The quantitative estimate of drug-likeness (QED) is 0.467. The first-order valence-electron chi connectivity index (χ1n) is 5.10. The summed E-state index contributed by atoms with van der Waals surface area (Å²) in [6, 6.07) is 8.94. The van der Waals surface area contributed by atoms with Crippen LogP contribution in [-0.4, -0.2) is 21.1 Å². The van der Waals surface area contributed by atoms with Gasteiger partial charge in [0.25, 0.3) is 0 Å². The first kappa shape index (κ1) is 11.7. The first-order valence-corrected chi connectivity index (χ1v) is 5.10. The molecule has 6 nitrogen and oxygen atoms in total. The second-order valence-corrected chi connectivity index (χ2v) is 3.27. The summed E-state index contributed by atoms with van der Waals surface area (Å²) in [7, 11) is 0. The third kappa shape index (κ3) is 2.86. The average molecular weight is 243 g/mol. The van der Waals surface area contributed by atoms with Crippen LogP contribution in [0, 0.1) is 22.1 Å². The van der Waals surface area contributed by atoms with Crippen molar-refractivity contribution in [2.75, 3.05) is 6.61 Å². The molecule has 0 aliphatic heterocycles. The minimum absolute atomic E-state index is 0.0677. The van der Waals surface area contributed by atoms with Gasteiger partial charge in [0, 0.05) is 24.5 Å². The molecule has 0 spiro atoms. The normalized spacial score (nSPS) is 9.33. The highest BCUT2D eigenvalue weighted by Crippen LogP contribution is 2.25. The number of imidazole rings is 1. The van der Waals surface area contributed by atoms with Crippen molar-refractivity contribution in [1.82, 2.24) is 9.55 Å². The lowest BCUT2D eigenvalue weighted by Gasteiger charge is -2.01. The number of nitrogens with zero attached hydrogens (tertiary/aromatic N) is 3. The molecule has 0 bridgehead atoms. The third-order valence-electron chi connectivity index (χ3n) is 2.07. The summed E-state index contributed by atoms with van der Waals surface area (Å²) in [6.07, 6.45) is 4.85. The fourth-order valence-corrected chi connectivity index (χ4v) is 1.29. The SMILES string of the molecule is O=[N+]([O-])c1ccccc1OCC#Cn1ccnc1. The largest absolute Gasteiger partial charge is 0.474 e. The van der Waals surface area contributed by atoms with Gasteiger partial charge in [-0.05, 0) is 12.0 Å². The topological polar surface area (TPSA) is 70.2 Å². The monoisotopic (exact) mass is 243 g/mol. The van der Waals surface area contributed by atoms with E-state index in [9.17, 15) is 10.1 Å². The average Bonchev–Trinajstić information content (AvgIpc) is 2.88. The Bertz CT molecular complexity index is 597. The minimum atomic E-state index is -0.487. The Hall–Kier alpha value is -2.81. The van der Waals surface area contributed by atoms with Gasteiger partial charge in [-0.1, -0.05) is 12.1 Å². The number of aromatic nitrogens is 2. The molecule has 0 unspecified atom stereocenters. The van der Waals surface area contributed by atoms with E-state index in [-0.39, 0.29) is 18.0 Å². The van der Waals surface area contributed by atoms with Crippen LogP contribution in [0.2, 0.25) is 0 Å². The lowest BCUT2D eigenvalue weighted by molar-refractivity contribution is -0.385. The summed E-state index contributed by atoms with van der Waals surface area (Å²) in [5.74, 6) is 2.94. The highest BCUT2D eigenvalue weighted by atomic mass is 16.6. The van der Waals surface area contributed by atoms with E-state index in [4.69, 9.17) is 4.74 Å². The molecule has 0 aliphatic carbocycles. The lowest BCUT2D eigenvalue weighted by Crippen LogP contribution is -1.98. The molecule has 0 amide bonds. The van der Waals surface area contributed by atoms with Crippen LogP contribution in [0.1, 0.15) is 0 Å². The molecule has 6 heteroatoms. The molecule has 0 atom stereocenters.